The van der Waals surface area contributed by atoms with Crippen molar-refractivity contribution in [2.75, 3.05) is 0 Å². The third-order valence-corrected chi connectivity index (χ3v) is 2.32. The normalized spacial score (nSPS) is 10.2. The Morgan fingerprint density at radius 3 is 2.73 bits per heavy atom. The number of aldehydes is 1. The summed E-state index contributed by atoms with van der Waals surface area (Å²) >= 11 is 0. The van der Waals surface area contributed by atoms with Gasteiger partial charge in [-0.25, -0.2) is 4.68 Å². The summed E-state index contributed by atoms with van der Waals surface area (Å²) in [4.78, 5) is 10.4. The first-order chi connectivity index (χ1) is 7.31. The van der Waals surface area contributed by atoms with Crippen LogP contribution >= 0.6 is 0 Å². The molecular weight excluding hydrogens is 188 g/mol. The van der Waals surface area contributed by atoms with E-state index in [4.69, 9.17) is 0 Å². The lowest BCUT2D eigenvalue weighted by Gasteiger charge is -1.98. The average Bonchev–Trinajstić information content (AvgIpc) is 2.63. The Morgan fingerprint density at radius 2 is 2.07 bits per heavy atom. The molecule has 0 unspecified atom stereocenters. The predicted molar refractivity (Wildman–Crippen MR) is 58.1 cm³/mol. The molecule has 76 valence electrons. The van der Waals surface area contributed by atoms with Gasteiger partial charge in [0.2, 0.25) is 0 Å². The maximum absolute atomic E-state index is 10.4. The van der Waals surface area contributed by atoms with Crippen LogP contribution in [0.5, 0.6) is 0 Å². The van der Waals surface area contributed by atoms with Crippen LogP contribution in [0, 0.1) is 6.92 Å². The van der Waals surface area contributed by atoms with Crippen LogP contribution in [0.2, 0.25) is 0 Å². The zero-order valence-corrected chi connectivity index (χ0v) is 8.55. The van der Waals surface area contributed by atoms with Gasteiger partial charge in [-0.15, -0.1) is 0 Å². The van der Waals surface area contributed by atoms with Gasteiger partial charge in [-0.1, -0.05) is 18.2 Å². The molecule has 0 saturated heterocycles. The summed E-state index contributed by atoms with van der Waals surface area (Å²) in [5, 5.41) is 4.36. The third kappa shape index (κ3) is 1.96. The third-order valence-electron chi connectivity index (χ3n) is 2.32. The van der Waals surface area contributed by atoms with Crippen molar-refractivity contribution >= 4 is 6.29 Å². The second-order valence-corrected chi connectivity index (χ2v) is 3.39. The van der Waals surface area contributed by atoms with Crippen LogP contribution in [0.3, 0.4) is 0 Å². The van der Waals surface area contributed by atoms with Crippen LogP contribution in [0.4, 0.5) is 0 Å². The monoisotopic (exact) mass is 200 g/mol. The summed E-state index contributed by atoms with van der Waals surface area (Å²) in [6.45, 7) is 1.91. The summed E-state index contributed by atoms with van der Waals surface area (Å²) in [6.07, 6.45) is 3.23. The van der Waals surface area contributed by atoms with E-state index in [9.17, 15) is 4.79 Å². The van der Waals surface area contributed by atoms with E-state index in [0.29, 0.717) is 6.42 Å². The quantitative estimate of drug-likeness (QED) is 0.709. The van der Waals surface area contributed by atoms with Crippen LogP contribution in [0.15, 0.2) is 36.5 Å². The maximum Gasteiger partial charge on any atom is 0.124 e. The smallest absolute Gasteiger partial charge is 0.124 e. The van der Waals surface area contributed by atoms with Crippen molar-refractivity contribution in [3.05, 3.63) is 47.8 Å². The molecule has 0 bridgehead atoms. The highest BCUT2D eigenvalue weighted by Gasteiger charge is 2.04. The number of aryl methyl sites for hydroxylation is 1. The van der Waals surface area contributed by atoms with E-state index < -0.39 is 0 Å². The molecule has 15 heavy (non-hydrogen) atoms. The Bertz CT molecular complexity index is 460. The number of para-hydroxylation sites is 1. The van der Waals surface area contributed by atoms with Crippen molar-refractivity contribution in [3.8, 4) is 5.69 Å². The predicted octanol–water partition coefficient (Wildman–Crippen LogP) is 1.92. The SMILES string of the molecule is Cc1nn(-c2ccccc2)cc1CC=O. The number of carbonyl (C=O) groups excluding carboxylic acids is 1. The number of hydrogen-bond acceptors (Lipinski definition) is 2. The van der Waals surface area contributed by atoms with Gasteiger partial charge in [0.15, 0.2) is 0 Å². The molecule has 0 amide bonds. The fourth-order valence-corrected chi connectivity index (χ4v) is 1.50. The summed E-state index contributed by atoms with van der Waals surface area (Å²) in [6, 6.07) is 9.86. The minimum atomic E-state index is 0.429. The topological polar surface area (TPSA) is 34.9 Å². The fraction of sp³-hybridized carbons (Fsp3) is 0.167. The molecule has 0 saturated carbocycles. The number of carbonyl (C=O) groups is 1. The minimum absolute atomic E-state index is 0.429. The number of aromatic nitrogens is 2. The van der Waals surface area contributed by atoms with Gasteiger partial charge in [0.05, 0.1) is 11.4 Å². The number of nitrogens with zero attached hydrogens (tertiary/aromatic N) is 2. The summed E-state index contributed by atoms with van der Waals surface area (Å²) in [5.74, 6) is 0. The Hall–Kier alpha value is -1.90. The van der Waals surface area contributed by atoms with Crippen molar-refractivity contribution in [1.29, 1.82) is 0 Å². The Labute approximate surface area is 88.4 Å². The highest BCUT2D eigenvalue weighted by molar-refractivity contribution is 5.55. The fourth-order valence-electron chi connectivity index (χ4n) is 1.50. The van der Waals surface area contributed by atoms with Crippen LogP contribution in [-0.2, 0) is 11.2 Å². The van der Waals surface area contributed by atoms with E-state index >= 15 is 0 Å². The van der Waals surface area contributed by atoms with E-state index in [0.717, 1.165) is 23.2 Å². The zero-order chi connectivity index (χ0) is 10.7. The average molecular weight is 200 g/mol. The number of rotatable bonds is 3. The largest absolute Gasteiger partial charge is 0.303 e. The summed E-state index contributed by atoms with van der Waals surface area (Å²) < 4.78 is 1.80. The van der Waals surface area contributed by atoms with Gasteiger partial charge < -0.3 is 4.79 Å². The Balaban J connectivity index is 2.38. The molecule has 3 nitrogen and oxygen atoms in total. The lowest BCUT2D eigenvalue weighted by atomic mass is 10.2. The second kappa shape index (κ2) is 4.09. The van der Waals surface area contributed by atoms with E-state index in [-0.39, 0.29) is 0 Å². The van der Waals surface area contributed by atoms with Gasteiger partial charge in [-0.3, -0.25) is 0 Å². The molecule has 0 aliphatic heterocycles. The molecule has 0 spiro atoms. The molecule has 0 atom stereocenters. The van der Waals surface area contributed by atoms with Crippen molar-refractivity contribution in [1.82, 2.24) is 9.78 Å². The molecule has 3 heteroatoms. The van der Waals surface area contributed by atoms with Gasteiger partial charge in [-0.2, -0.15) is 5.10 Å². The number of benzene rings is 1. The lowest BCUT2D eigenvalue weighted by Crippen LogP contribution is -1.93. The molecule has 0 aliphatic rings. The number of hydrogen-bond donors (Lipinski definition) is 0. The minimum Gasteiger partial charge on any atom is -0.303 e. The van der Waals surface area contributed by atoms with Gasteiger partial charge in [0.25, 0.3) is 0 Å². The van der Waals surface area contributed by atoms with Crippen molar-refractivity contribution in [3.63, 3.8) is 0 Å². The maximum atomic E-state index is 10.4. The standard InChI is InChI=1S/C12H12N2O/c1-10-11(7-8-15)9-14(13-10)12-5-3-2-4-6-12/h2-6,8-9H,7H2,1H3. The van der Waals surface area contributed by atoms with Gasteiger partial charge >= 0.3 is 0 Å². The molecule has 0 aliphatic carbocycles. The second-order valence-electron chi connectivity index (χ2n) is 3.39. The highest BCUT2D eigenvalue weighted by atomic mass is 16.1. The van der Waals surface area contributed by atoms with Crippen LogP contribution in [0.1, 0.15) is 11.3 Å². The van der Waals surface area contributed by atoms with Gasteiger partial charge in [0, 0.05) is 18.2 Å². The molecule has 1 aromatic heterocycles. The van der Waals surface area contributed by atoms with Crippen molar-refractivity contribution in [2.24, 2.45) is 0 Å². The van der Waals surface area contributed by atoms with Crippen molar-refractivity contribution < 1.29 is 4.79 Å². The zero-order valence-electron chi connectivity index (χ0n) is 8.55. The molecular formula is C12H12N2O. The van der Waals surface area contributed by atoms with Crippen molar-refractivity contribution in [2.45, 2.75) is 13.3 Å². The first-order valence-electron chi connectivity index (χ1n) is 4.85. The molecule has 1 heterocycles. The van der Waals surface area contributed by atoms with E-state index in [2.05, 4.69) is 5.10 Å². The Kier molecular flexibility index (Phi) is 2.63. The molecule has 0 N–H and O–H groups in total. The summed E-state index contributed by atoms with van der Waals surface area (Å²) in [7, 11) is 0. The van der Waals surface area contributed by atoms with E-state index in [1.165, 1.54) is 0 Å². The molecule has 1 aromatic carbocycles. The van der Waals surface area contributed by atoms with Gasteiger partial charge in [-0.05, 0) is 19.1 Å². The Morgan fingerprint density at radius 1 is 1.33 bits per heavy atom. The van der Waals surface area contributed by atoms with E-state index in [1.807, 2.05) is 43.5 Å². The van der Waals surface area contributed by atoms with E-state index in [1.54, 1.807) is 4.68 Å². The first kappa shape index (κ1) is 9.65. The first-order valence-corrected chi connectivity index (χ1v) is 4.85. The van der Waals surface area contributed by atoms with Gasteiger partial charge in [0.1, 0.15) is 6.29 Å². The van der Waals surface area contributed by atoms with Crippen LogP contribution < -0.4 is 0 Å². The van der Waals surface area contributed by atoms with Crippen LogP contribution in [0.25, 0.3) is 5.69 Å². The highest BCUT2D eigenvalue weighted by Crippen LogP contribution is 2.11. The van der Waals surface area contributed by atoms with Crippen LogP contribution in [-0.4, -0.2) is 16.1 Å². The lowest BCUT2D eigenvalue weighted by molar-refractivity contribution is -0.107. The molecule has 2 aromatic rings. The molecule has 0 fully saturated rings. The molecule has 2 rings (SSSR count). The summed E-state index contributed by atoms with van der Waals surface area (Å²) in [5.41, 5.74) is 2.90. The molecule has 0 radical (unpaired) electrons.